The van der Waals surface area contributed by atoms with Crippen LogP contribution in [0.1, 0.15) is 22.3 Å². The number of esters is 1. The van der Waals surface area contributed by atoms with Crippen molar-refractivity contribution in [1.29, 1.82) is 0 Å². The third-order valence-corrected chi connectivity index (χ3v) is 4.18. The van der Waals surface area contributed by atoms with Crippen LogP contribution in [-0.2, 0) is 16.0 Å². The average molecular weight is 348 g/mol. The van der Waals surface area contributed by atoms with Gasteiger partial charge in [-0.3, -0.25) is 4.79 Å². The van der Waals surface area contributed by atoms with Crippen LogP contribution in [-0.4, -0.2) is 19.0 Å². The minimum atomic E-state index is -0.477. The highest BCUT2D eigenvalue weighted by molar-refractivity contribution is 6.01. The number of anilines is 2. The lowest BCUT2D eigenvalue weighted by Gasteiger charge is -2.10. The van der Waals surface area contributed by atoms with E-state index in [1.54, 1.807) is 24.3 Å². The van der Waals surface area contributed by atoms with Gasteiger partial charge in [0.2, 0.25) is 5.91 Å². The fourth-order valence-electron chi connectivity index (χ4n) is 2.82. The molecule has 3 aromatic carbocycles. The van der Waals surface area contributed by atoms with E-state index in [-0.39, 0.29) is 5.91 Å². The van der Waals surface area contributed by atoms with Crippen molar-refractivity contribution in [3.63, 3.8) is 0 Å². The quantitative estimate of drug-likeness (QED) is 0.543. The van der Waals surface area contributed by atoms with Crippen LogP contribution in [0.15, 0.2) is 60.7 Å². The van der Waals surface area contributed by atoms with E-state index in [0.29, 0.717) is 24.1 Å². The highest BCUT2D eigenvalue weighted by atomic mass is 16.5. The highest BCUT2D eigenvalue weighted by Crippen LogP contribution is 2.20. The zero-order valence-corrected chi connectivity index (χ0v) is 14.5. The summed E-state index contributed by atoms with van der Waals surface area (Å²) < 4.78 is 4.74. The third-order valence-electron chi connectivity index (χ3n) is 4.18. The van der Waals surface area contributed by atoms with E-state index in [0.717, 1.165) is 22.0 Å². The lowest BCUT2D eigenvalue weighted by molar-refractivity contribution is -0.116. The molecule has 3 aromatic rings. The van der Waals surface area contributed by atoms with Crippen molar-refractivity contribution < 1.29 is 14.3 Å². The molecule has 0 aromatic heterocycles. The molecule has 132 valence electrons. The lowest BCUT2D eigenvalue weighted by atomic mass is 10.0. The molecule has 0 bridgehead atoms. The molecule has 0 saturated heterocycles. The fraction of sp³-hybridized carbons (Fsp3) is 0.143. The number of carbonyl (C=O) groups excluding carboxylic acids is 2. The van der Waals surface area contributed by atoms with Gasteiger partial charge in [0.25, 0.3) is 0 Å². The van der Waals surface area contributed by atoms with E-state index < -0.39 is 5.97 Å². The number of fused-ring (bicyclic) bond motifs is 1. The average Bonchev–Trinajstić information content (AvgIpc) is 2.66. The first kappa shape index (κ1) is 17.5. The number of amides is 1. The van der Waals surface area contributed by atoms with Gasteiger partial charge in [0.05, 0.1) is 18.4 Å². The molecule has 0 aliphatic heterocycles. The van der Waals surface area contributed by atoms with Crippen LogP contribution < -0.4 is 11.1 Å². The van der Waals surface area contributed by atoms with Gasteiger partial charge in [-0.15, -0.1) is 0 Å². The van der Waals surface area contributed by atoms with Crippen LogP contribution in [0, 0.1) is 0 Å². The number of methoxy groups -OCH3 is 1. The van der Waals surface area contributed by atoms with Crippen molar-refractivity contribution in [3.8, 4) is 0 Å². The molecule has 0 aliphatic carbocycles. The lowest BCUT2D eigenvalue weighted by Crippen LogP contribution is -2.15. The van der Waals surface area contributed by atoms with Crippen LogP contribution in [0.5, 0.6) is 0 Å². The first-order valence-corrected chi connectivity index (χ1v) is 8.32. The number of nitrogens with one attached hydrogen (secondary N) is 1. The summed E-state index contributed by atoms with van der Waals surface area (Å²) in [4.78, 5) is 24.0. The first-order valence-electron chi connectivity index (χ1n) is 8.32. The molecule has 1 amide bonds. The van der Waals surface area contributed by atoms with E-state index in [4.69, 9.17) is 10.5 Å². The highest BCUT2D eigenvalue weighted by Gasteiger charge is 2.13. The number of benzene rings is 3. The van der Waals surface area contributed by atoms with Crippen molar-refractivity contribution in [1.82, 2.24) is 0 Å². The summed E-state index contributed by atoms with van der Waals surface area (Å²) in [6.45, 7) is 0. The van der Waals surface area contributed by atoms with Crippen LogP contribution in [0.25, 0.3) is 10.8 Å². The Hall–Kier alpha value is -3.34. The molecule has 0 fully saturated rings. The fourth-order valence-corrected chi connectivity index (χ4v) is 2.82. The van der Waals surface area contributed by atoms with E-state index >= 15 is 0 Å². The van der Waals surface area contributed by atoms with Crippen LogP contribution in [0.3, 0.4) is 0 Å². The molecule has 0 saturated carbocycles. The van der Waals surface area contributed by atoms with Gasteiger partial charge in [-0.2, -0.15) is 0 Å². The number of nitrogen functional groups attached to an aromatic ring is 1. The standard InChI is InChI=1S/C21H20N2O3/c1-26-21(25)18-4-2-3-5-19(18)23-20(24)11-7-14-6-8-16-13-17(22)10-9-15(16)12-14/h2-6,8-10,12-13H,7,11,22H2,1H3,(H,23,24). The van der Waals surface area contributed by atoms with Crippen molar-refractivity contribution in [3.05, 3.63) is 71.8 Å². The molecule has 0 spiro atoms. The van der Waals surface area contributed by atoms with Gasteiger partial charge in [-0.1, -0.05) is 36.4 Å². The predicted molar refractivity (Wildman–Crippen MR) is 103 cm³/mol. The normalized spacial score (nSPS) is 10.5. The second-order valence-corrected chi connectivity index (χ2v) is 6.03. The van der Waals surface area contributed by atoms with Gasteiger partial charge in [0, 0.05) is 12.1 Å². The summed E-state index contributed by atoms with van der Waals surface area (Å²) in [5, 5.41) is 4.95. The molecular formula is C21H20N2O3. The number of ether oxygens (including phenoxy) is 1. The molecule has 0 heterocycles. The molecule has 5 heteroatoms. The zero-order valence-electron chi connectivity index (χ0n) is 14.5. The van der Waals surface area contributed by atoms with Crippen molar-refractivity contribution in [2.24, 2.45) is 0 Å². The maximum absolute atomic E-state index is 12.3. The smallest absolute Gasteiger partial charge is 0.339 e. The second-order valence-electron chi connectivity index (χ2n) is 6.03. The summed E-state index contributed by atoms with van der Waals surface area (Å²) in [5.41, 5.74) is 8.39. The minimum Gasteiger partial charge on any atom is -0.465 e. The summed E-state index contributed by atoms with van der Waals surface area (Å²) in [5.74, 6) is -0.631. The first-order chi connectivity index (χ1) is 12.6. The summed E-state index contributed by atoms with van der Waals surface area (Å²) in [7, 11) is 1.31. The van der Waals surface area contributed by atoms with Gasteiger partial charge in [0.1, 0.15) is 0 Å². The molecule has 0 atom stereocenters. The van der Waals surface area contributed by atoms with Crippen LogP contribution in [0.4, 0.5) is 11.4 Å². The molecule has 0 unspecified atom stereocenters. The van der Waals surface area contributed by atoms with E-state index in [1.165, 1.54) is 7.11 Å². The second kappa shape index (κ2) is 7.70. The Morgan fingerprint density at radius 2 is 1.73 bits per heavy atom. The van der Waals surface area contributed by atoms with E-state index in [1.807, 2.05) is 30.3 Å². The third kappa shape index (κ3) is 4.00. The van der Waals surface area contributed by atoms with Gasteiger partial charge in [-0.25, -0.2) is 4.79 Å². The Labute approximate surface area is 151 Å². The maximum atomic E-state index is 12.3. The topological polar surface area (TPSA) is 81.4 Å². The molecule has 0 aliphatic rings. The van der Waals surface area contributed by atoms with Crippen LogP contribution >= 0.6 is 0 Å². The van der Waals surface area contributed by atoms with Gasteiger partial charge in [-0.05, 0) is 47.0 Å². The molecular weight excluding hydrogens is 328 g/mol. The summed E-state index contributed by atoms with van der Waals surface area (Å²) in [6, 6.07) is 18.6. The molecule has 5 nitrogen and oxygen atoms in total. The molecule has 3 N–H and O–H groups in total. The monoisotopic (exact) mass is 348 g/mol. The zero-order chi connectivity index (χ0) is 18.5. The predicted octanol–water partition coefficient (Wildman–Crippen LogP) is 3.78. The van der Waals surface area contributed by atoms with Crippen molar-refractivity contribution in [2.45, 2.75) is 12.8 Å². The van der Waals surface area contributed by atoms with Gasteiger partial charge >= 0.3 is 5.97 Å². The Bertz CT molecular complexity index is 966. The Morgan fingerprint density at radius 1 is 1.00 bits per heavy atom. The van der Waals surface area contributed by atoms with Gasteiger partial charge < -0.3 is 15.8 Å². The minimum absolute atomic E-state index is 0.154. The number of rotatable bonds is 5. The number of nitrogens with two attached hydrogens (primary N) is 1. The van der Waals surface area contributed by atoms with E-state index in [2.05, 4.69) is 11.4 Å². The number of carbonyl (C=O) groups is 2. The number of para-hydroxylation sites is 1. The summed E-state index contributed by atoms with van der Waals surface area (Å²) >= 11 is 0. The van der Waals surface area contributed by atoms with Crippen LogP contribution in [0.2, 0.25) is 0 Å². The SMILES string of the molecule is COC(=O)c1ccccc1NC(=O)CCc1ccc2cc(N)ccc2c1. The Morgan fingerprint density at radius 3 is 2.54 bits per heavy atom. The number of hydrogen-bond acceptors (Lipinski definition) is 4. The molecule has 3 rings (SSSR count). The largest absolute Gasteiger partial charge is 0.465 e. The number of aryl methyl sites for hydroxylation is 1. The maximum Gasteiger partial charge on any atom is 0.339 e. The number of hydrogen-bond donors (Lipinski definition) is 2. The van der Waals surface area contributed by atoms with E-state index in [9.17, 15) is 9.59 Å². The summed E-state index contributed by atoms with van der Waals surface area (Å²) in [6.07, 6.45) is 0.919. The Balaban J connectivity index is 1.66. The molecule has 26 heavy (non-hydrogen) atoms. The Kier molecular flexibility index (Phi) is 5.17. The molecule has 0 radical (unpaired) electrons. The van der Waals surface area contributed by atoms with Gasteiger partial charge in [0.15, 0.2) is 0 Å². The van der Waals surface area contributed by atoms with Crippen molar-refractivity contribution in [2.75, 3.05) is 18.2 Å². The van der Waals surface area contributed by atoms with Crippen molar-refractivity contribution >= 4 is 34.0 Å².